The molecule has 0 bridgehead atoms. The van der Waals surface area contributed by atoms with Crippen molar-refractivity contribution in [1.29, 1.82) is 0 Å². The maximum Gasteiger partial charge on any atom is 0.339 e. The van der Waals surface area contributed by atoms with Crippen molar-refractivity contribution in [3.63, 3.8) is 0 Å². The van der Waals surface area contributed by atoms with Crippen LogP contribution in [0.25, 0.3) is 22.2 Å². The number of halogens is 1. The second kappa shape index (κ2) is 9.91. The van der Waals surface area contributed by atoms with Crippen molar-refractivity contribution in [2.45, 2.75) is 6.54 Å². The summed E-state index contributed by atoms with van der Waals surface area (Å²) in [6.07, 6.45) is 0. The van der Waals surface area contributed by atoms with Gasteiger partial charge < -0.3 is 14.8 Å². The number of para-hydroxylation sites is 1. The van der Waals surface area contributed by atoms with E-state index < -0.39 is 18.5 Å². The highest BCUT2D eigenvalue weighted by Gasteiger charge is 2.16. The van der Waals surface area contributed by atoms with Gasteiger partial charge in [-0.1, -0.05) is 30.3 Å². The second-order valence-corrected chi connectivity index (χ2v) is 7.28. The van der Waals surface area contributed by atoms with Crippen molar-refractivity contribution in [3.05, 3.63) is 95.8 Å². The average Bonchev–Trinajstić information content (AvgIpc) is 2.86. The van der Waals surface area contributed by atoms with E-state index in [2.05, 4.69) is 10.3 Å². The fourth-order valence-corrected chi connectivity index (χ4v) is 3.32. The van der Waals surface area contributed by atoms with E-state index in [1.807, 2.05) is 18.2 Å². The van der Waals surface area contributed by atoms with E-state index in [9.17, 15) is 14.0 Å². The third-order valence-corrected chi connectivity index (χ3v) is 5.06. The SMILES string of the molecule is COc1ccc(CNC(=O)COC(=O)c2cc(-c3ccc(F)cc3)nc3ccccc23)cc1. The summed E-state index contributed by atoms with van der Waals surface area (Å²) in [6, 6.07) is 21.9. The number of benzene rings is 3. The number of rotatable bonds is 7. The number of methoxy groups -OCH3 is 1. The van der Waals surface area contributed by atoms with Crippen LogP contribution in [0.5, 0.6) is 5.75 Å². The van der Waals surface area contributed by atoms with Crippen molar-refractivity contribution in [3.8, 4) is 17.0 Å². The molecule has 0 spiro atoms. The maximum atomic E-state index is 13.3. The lowest BCUT2D eigenvalue weighted by molar-refractivity contribution is -0.124. The summed E-state index contributed by atoms with van der Waals surface area (Å²) in [6.45, 7) is -0.120. The van der Waals surface area contributed by atoms with Crippen molar-refractivity contribution < 1.29 is 23.5 Å². The largest absolute Gasteiger partial charge is 0.497 e. The topological polar surface area (TPSA) is 77.5 Å². The molecule has 6 nitrogen and oxygen atoms in total. The number of fused-ring (bicyclic) bond motifs is 1. The predicted molar refractivity (Wildman–Crippen MR) is 122 cm³/mol. The summed E-state index contributed by atoms with van der Waals surface area (Å²) < 4.78 is 23.7. The van der Waals surface area contributed by atoms with Gasteiger partial charge in [0.25, 0.3) is 5.91 Å². The fraction of sp³-hybridized carbons (Fsp3) is 0.115. The highest BCUT2D eigenvalue weighted by Crippen LogP contribution is 2.25. The number of ether oxygens (including phenoxy) is 2. The summed E-state index contributed by atoms with van der Waals surface area (Å²) in [7, 11) is 1.58. The number of hydrogen-bond acceptors (Lipinski definition) is 5. The molecule has 1 N–H and O–H groups in total. The van der Waals surface area contributed by atoms with Crippen molar-refractivity contribution in [2.75, 3.05) is 13.7 Å². The molecule has 1 amide bonds. The third kappa shape index (κ3) is 5.33. The van der Waals surface area contributed by atoms with Crippen LogP contribution in [-0.2, 0) is 16.1 Å². The van der Waals surface area contributed by atoms with Gasteiger partial charge in [0, 0.05) is 17.5 Å². The van der Waals surface area contributed by atoms with Crippen LogP contribution in [0.2, 0.25) is 0 Å². The van der Waals surface area contributed by atoms with E-state index in [1.165, 1.54) is 12.1 Å². The minimum absolute atomic E-state index is 0.280. The van der Waals surface area contributed by atoms with E-state index in [1.54, 1.807) is 55.6 Å². The van der Waals surface area contributed by atoms with Gasteiger partial charge >= 0.3 is 5.97 Å². The first-order chi connectivity index (χ1) is 16.0. The van der Waals surface area contributed by atoms with Gasteiger partial charge in [0.05, 0.1) is 23.9 Å². The average molecular weight is 444 g/mol. The van der Waals surface area contributed by atoms with Gasteiger partial charge in [-0.05, 0) is 54.1 Å². The number of aromatic nitrogens is 1. The Labute approximate surface area is 190 Å². The van der Waals surface area contributed by atoms with Crippen LogP contribution in [0, 0.1) is 5.82 Å². The van der Waals surface area contributed by atoms with Gasteiger partial charge in [-0.2, -0.15) is 0 Å². The molecule has 0 saturated heterocycles. The molecule has 0 aliphatic carbocycles. The Bertz CT molecular complexity index is 1290. The van der Waals surface area contributed by atoms with Gasteiger partial charge in [-0.15, -0.1) is 0 Å². The highest BCUT2D eigenvalue weighted by molar-refractivity contribution is 6.05. The first-order valence-corrected chi connectivity index (χ1v) is 10.3. The lowest BCUT2D eigenvalue weighted by atomic mass is 10.0. The zero-order valence-electron chi connectivity index (χ0n) is 17.9. The monoisotopic (exact) mass is 444 g/mol. The van der Waals surface area contributed by atoms with Gasteiger partial charge in [-0.25, -0.2) is 14.2 Å². The molecule has 1 heterocycles. The maximum absolute atomic E-state index is 13.3. The van der Waals surface area contributed by atoms with Gasteiger partial charge in [0.2, 0.25) is 0 Å². The summed E-state index contributed by atoms with van der Waals surface area (Å²) in [5, 5.41) is 3.32. The number of nitrogens with one attached hydrogen (secondary N) is 1. The summed E-state index contributed by atoms with van der Waals surface area (Å²) in [5.41, 5.74) is 2.93. The molecule has 4 aromatic rings. The fourth-order valence-electron chi connectivity index (χ4n) is 3.32. The van der Waals surface area contributed by atoms with Crippen LogP contribution < -0.4 is 10.1 Å². The van der Waals surface area contributed by atoms with E-state index in [0.29, 0.717) is 28.7 Å². The standard InChI is InChI=1S/C26H21FN2O4/c1-32-20-12-6-17(7-13-20)15-28-25(30)16-33-26(31)22-14-24(18-8-10-19(27)11-9-18)29-23-5-3-2-4-21(22)23/h2-14H,15-16H2,1H3,(H,28,30). The quantitative estimate of drug-likeness (QED) is 0.424. The van der Waals surface area contributed by atoms with Crippen LogP contribution in [-0.4, -0.2) is 30.6 Å². The first kappa shape index (κ1) is 22.0. The van der Waals surface area contributed by atoms with Gasteiger partial charge in [-0.3, -0.25) is 4.79 Å². The lowest BCUT2D eigenvalue weighted by Gasteiger charge is -2.11. The number of hydrogen-bond donors (Lipinski definition) is 1. The molecular weight excluding hydrogens is 423 g/mol. The van der Waals surface area contributed by atoms with Crippen molar-refractivity contribution >= 4 is 22.8 Å². The number of amides is 1. The van der Waals surface area contributed by atoms with E-state index >= 15 is 0 Å². The molecule has 0 saturated carbocycles. The van der Waals surface area contributed by atoms with Crippen molar-refractivity contribution in [1.82, 2.24) is 10.3 Å². The number of esters is 1. The molecule has 4 rings (SSSR count). The van der Waals surface area contributed by atoms with Gasteiger partial charge in [0.1, 0.15) is 11.6 Å². The molecule has 166 valence electrons. The molecule has 0 aliphatic rings. The molecule has 33 heavy (non-hydrogen) atoms. The highest BCUT2D eigenvalue weighted by atomic mass is 19.1. The summed E-state index contributed by atoms with van der Waals surface area (Å²) in [5.74, 6) is -0.698. The first-order valence-electron chi connectivity index (χ1n) is 10.3. The van der Waals surface area contributed by atoms with Crippen LogP contribution in [0.15, 0.2) is 78.9 Å². The molecule has 0 atom stereocenters. The molecule has 3 aromatic carbocycles. The van der Waals surface area contributed by atoms with E-state index in [0.717, 1.165) is 11.3 Å². The smallest absolute Gasteiger partial charge is 0.339 e. The Balaban J connectivity index is 1.46. The van der Waals surface area contributed by atoms with Crippen LogP contribution in [0.1, 0.15) is 15.9 Å². The Kier molecular flexibility index (Phi) is 6.59. The molecule has 0 aliphatic heterocycles. The van der Waals surface area contributed by atoms with Crippen molar-refractivity contribution in [2.24, 2.45) is 0 Å². The number of carbonyl (C=O) groups is 2. The zero-order valence-corrected chi connectivity index (χ0v) is 17.9. The van der Waals surface area contributed by atoms with Crippen LogP contribution in [0.3, 0.4) is 0 Å². The predicted octanol–water partition coefficient (Wildman–Crippen LogP) is 4.52. The Morgan fingerprint density at radius 1 is 0.970 bits per heavy atom. The molecular formula is C26H21FN2O4. The molecule has 0 unspecified atom stereocenters. The van der Waals surface area contributed by atoms with Crippen LogP contribution in [0.4, 0.5) is 4.39 Å². The zero-order chi connectivity index (χ0) is 23.2. The normalized spacial score (nSPS) is 10.6. The third-order valence-electron chi connectivity index (χ3n) is 5.06. The minimum atomic E-state index is -0.642. The minimum Gasteiger partial charge on any atom is -0.497 e. The van der Waals surface area contributed by atoms with E-state index in [4.69, 9.17) is 9.47 Å². The Hall–Kier alpha value is -4.26. The van der Waals surface area contributed by atoms with Gasteiger partial charge in [0.15, 0.2) is 6.61 Å². The lowest BCUT2D eigenvalue weighted by Crippen LogP contribution is -2.28. The van der Waals surface area contributed by atoms with Crippen LogP contribution >= 0.6 is 0 Å². The Morgan fingerprint density at radius 3 is 2.42 bits per heavy atom. The molecule has 7 heteroatoms. The Morgan fingerprint density at radius 2 is 1.70 bits per heavy atom. The molecule has 0 fully saturated rings. The van der Waals surface area contributed by atoms with E-state index in [-0.39, 0.29) is 11.4 Å². The molecule has 1 aromatic heterocycles. The number of pyridine rings is 1. The molecule has 0 radical (unpaired) electrons. The summed E-state index contributed by atoms with van der Waals surface area (Å²) >= 11 is 0. The number of carbonyl (C=O) groups excluding carboxylic acids is 2. The second-order valence-electron chi connectivity index (χ2n) is 7.28. The summed E-state index contributed by atoms with van der Waals surface area (Å²) in [4.78, 5) is 29.6. The number of nitrogens with zero attached hydrogens (tertiary/aromatic N) is 1.